The predicted octanol–water partition coefficient (Wildman–Crippen LogP) is 4.76. The maximum absolute atomic E-state index is 13.9. The third-order valence-corrected chi connectivity index (χ3v) is 6.36. The summed E-state index contributed by atoms with van der Waals surface area (Å²) in [5.41, 5.74) is 0.0777. The van der Waals surface area contributed by atoms with Gasteiger partial charge >= 0.3 is 6.09 Å². The van der Waals surface area contributed by atoms with Crippen LogP contribution in [0.3, 0.4) is 0 Å². The summed E-state index contributed by atoms with van der Waals surface area (Å²) in [5.74, 6) is 0.189. The van der Waals surface area contributed by atoms with E-state index in [4.69, 9.17) is 9.47 Å². The van der Waals surface area contributed by atoms with Crippen molar-refractivity contribution < 1.29 is 23.2 Å². The van der Waals surface area contributed by atoms with Gasteiger partial charge in [0, 0.05) is 29.4 Å². The lowest BCUT2D eigenvalue weighted by Gasteiger charge is -2.27. The van der Waals surface area contributed by atoms with Crippen molar-refractivity contribution in [3.05, 3.63) is 29.6 Å². The molecule has 0 aromatic heterocycles. The highest BCUT2D eigenvalue weighted by Crippen LogP contribution is 2.32. The highest BCUT2D eigenvalue weighted by Gasteiger charge is 2.32. The molecule has 1 aromatic rings. The second-order valence-corrected chi connectivity index (χ2v) is 11.8. The van der Waals surface area contributed by atoms with Gasteiger partial charge in [0.2, 0.25) is 0 Å². The van der Waals surface area contributed by atoms with Gasteiger partial charge in [-0.1, -0.05) is 0 Å². The molecule has 8 heteroatoms. The van der Waals surface area contributed by atoms with E-state index in [2.05, 4.69) is 10.0 Å². The Morgan fingerprint density at radius 1 is 1.23 bits per heavy atom. The second-order valence-electron chi connectivity index (χ2n) is 9.80. The minimum absolute atomic E-state index is 0.0299. The molecule has 4 atom stereocenters. The van der Waals surface area contributed by atoms with Crippen molar-refractivity contribution in [2.24, 2.45) is 0 Å². The summed E-state index contributed by atoms with van der Waals surface area (Å²) >= 11 is -1.30. The van der Waals surface area contributed by atoms with Crippen LogP contribution in [0.5, 0.6) is 5.75 Å². The van der Waals surface area contributed by atoms with E-state index in [9.17, 15) is 13.7 Å². The molecular weight excluding hydrogens is 407 g/mol. The van der Waals surface area contributed by atoms with Crippen LogP contribution >= 0.6 is 0 Å². The van der Waals surface area contributed by atoms with Crippen LogP contribution in [0.15, 0.2) is 18.2 Å². The maximum atomic E-state index is 13.9. The van der Waals surface area contributed by atoms with Crippen LogP contribution in [-0.4, -0.2) is 33.1 Å². The van der Waals surface area contributed by atoms with Gasteiger partial charge in [-0.2, -0.15) is 0 Å². The van der Waals surface area contributed by atoms with Gasteiger partial charge in [0.1, 0.15) is 28.0 Å². The molecule has 2 unspecified atom stereocenters. The van der Waals surface area contributed by atoms with E-state index >= 15 is 0 Å². The molecule has 1 saturated carbocycles. The molecule has 0 radical (unpaired) electrons. The molecule has 0 spiro atoms. The Hall–Kier alpha value is -1.51. The van der Waals surface area contributed by atoms with Gasteiger partial charge < -0.3 is 19.3 Å². The molecule has 1 amide bonds. The number of rotatable bonds is 6. The summed E-state index contributed by atoms with van der Waals surface area (Å²) in [6, 6.07) is 4.00. The molecule has 170 valence electrons. The fourth-order valence-electron chi connectivity index (χ4n) is 3.20. The highest BCUT2D eigenvalue weighted by molar-refractivity contribution is 7.90. The Bertz CT molecular complexity index is 733. The molecule has 1 aliphatic carbocycles. The van der Waals surface area contributed by atoms with Crippen LogP contribution in [0.4, 0.5) is 9.18 Å². The third kappa shape index (κ3) is 7.63. The summed E-state index contributed by atoms with van der Waals surface area (Å²) in [5, 5.41) is 2.89. The van der Waals surface area contributed by atoms with E-state index < -0.39 is 27.8 Å². The van der Waals surface area contributed by atoms with Crippen molar-refractivity contribution in [3.63, 3.8) is 0 Å². The largest absolute Gasteiger partial charge is 0.598 e. The first kappa shape index (κ1) is 24.8. The summed E-state index contributed by atoms with van der Waals surface area (Å²) in [6.07, 6.45) is 1.66. The zero-order chi connectivity index (χ0) is 22.7. The van der Waals surface area contributed by atoms with Crippen molar-refractivity contribution in [3.8, 4) is 5.75 Å². The fraction of sp³-hybridized carbons (Fsp3) is 0.682. The number of hydrogen-bond donors (Lipinski definition) is 2. The van der Waals surface area contributed by atoms with Crippen molar-refractivity contribution >= 4 is 17.5 Å². The van der Waals surface area contributed by atoms with Crippen LogP contribution in [0, 0.1) is 5.82 Å². The summed E-state index contributed by atoms with van der Waals surface area (Å²) in [6.45, 7) is 12.9. The maximum Gasteiger partial charge on any atom is 0.407 e. The van der Waals surface area contributed by atoms with E-state index in [1.165, 1.54) is 12.1 Å². The number of ether oxygens (including phenoxy) is 2. The van der Waals surface area contributed by atoms with Crippen molar-refractivity contribution in [2.75, 3.05) is 0 Å². The van der Waals surface area contributed by atoms with Crippen LogP contribution in [-0.2, 0) is 16.1 Å². The Morgan fingerprint density at radius 3 is 2.50 bits per heavy atom. The smallest absolute Gasteiger partial charge is 0.407 e. The van der Waals surface area contributed by atoms with Gasteiger partial charge in [0.05, 0.1) is 6.04 Å². The SMILES string of the molecule is CC(N[S+]([O-])C(C)(C)C)c1cc(F)ccc1O[C@@H]1CC[C@@H](NC(=O)OC(C)(C)C)C1. The van der Waals surface area contributed by atoms with Crippen molar-refractivity contribution in [1.82, 2.24) is 10.0 Å². The molecule has 1 aliphatic rings. The number of alkyl carbamates (subject to hydrolysis) is 1. The van der Waals surface area contributed by atoms with E-state index in [1.807, 2.05) is 48.5 Å². The first-order valence-corrected chi connectivity index (χ1v) is 11.5. The minimum Gasteiger partial charge on any atom is -0.598 e. The first-order chi connectivity index (χ1) is 13.7. The third-order valence-electron chi connectivity index (χ3n) is 4.68. The molecule has 6 nitrogen and oxygen atoms in total. The van der Waals surface area contributed by atoms with Crippen molar-refractivity contribution in [2.45, 2.75) is 96.3 Å². The molecule has 0 aliphatic heterocycles. The van der Waals surface area contributed by atoms with Gasteiger partial charge in [0.15, 0.2) is 0 Å². The summed E-state index contributed by atoms with van der Waals surface area (Å²) < 4.78 is 40.4. The molecule has 2 rings (SSSR count). The summed E-state index contributed by atoms with van der Waals surface area (Å²) in [4.78, 5) is 12.0. The molecule has 0 bridgehead atoms. The van der Waals surface area contributed by atoms with E-state index in [0.717, 1.165) is 12.8 Å². The number of carbonyl (C=O) groups is 1. The number of nitrogens with one attached hydrogen (secondary N) is 2. The Morgan fingerprint density at radius 2 is 1.90 bits per heavy atom. The van der Waals surface area contributed by atoms with Gasteiger partial charge in [-0.15, -0.1) is 4.72 Å². The molecule has 1 aromatic carbocycles. The van der Waals surface area contributed by atoms with Crippen LogP contribution in [0.25, 0.3) is 0 Å². The minimum atomic E-state index is -1.30. The molecule has 1 fully saturated rings. The standard InChI is InChI=1S/C22H35FN2O4S/c1-14(25-30(27)22(5,6)7)18-12-15(23)8-11-19(18)28-17-10-9-16(13-17)24-20(26)29-21(2,3)4/h8,11-12,14,16-17,25H,9-10,13H2,1-7H3,(H,24,26)/t14?,16-,17-,30?/m1/s1. The number of carbonyl (C=O) groups excluding carboxylic acids is 1. The lowest BCUT2D eigenvalue weighted by molar-refractivity contribution is 0.0503. The molecular formula is C22H35FN2O4S. The lowest BCUT2D eigenvalue weighted by atomic mass is 10.1. The van der Waals surface area contributed by atoms with E-state index in [0.29, 0.717) is 17.7 Å². The molecule has 0 saturated heterocycles. The Kier molecular flexibility index (Phi) is 8.04. The zero-order valence-electron chi connectivity index (χ0n) is 19.0. The predicted molar refractivity (Wildman–Crippen MR) is 117 cm³/mol. The van der Waals surface area contributed by atoms with Crippen molar-refractivity contribution in [1.29, 1.82) is 0 Å². The quantitative estimate of drug-likeness (QED) is 0.621. The van der Waals surface area contributed by atoms with Gasteiger partial charge in [0.25, 0.3) is 0 Å². The average Bonchev–Trinajstić information content (AvgIpc) is 3.00. The topological polar surface area (TPSA) is 82.6 Å². The normalized spacial score (nSPS) is 21.8. The lowest BCUT2D eigenvalue weighted by Crippen LogP contribution is -2.40. The zero-order valence-corrected chi connectivity index (χ0v) is 19.8. The van der Waals surface area contributed by atoms with Gasteiger partial charge in [-0.05, 0) is 79.5 Å². The number of benzene rings is 1. The average molecular weight is 443 g/mol. The Labute approximate surface area is 182 Å². The monoisotopic (exact) mass is 442 g/mol. The highest BCUT2D eigenvalue weighted by atomic mass is 32.2. The number of amides is 1. The number of halogens is 1. The Balaban J connectivity index is 2.01. The molecule has 2 N–H and O–H groups in total. The van der Waals surface area contributed by atoms with E-state index in [-0.39, 0.29) is 24.0 Å². The van der Waals surface area contributed by atoms with Gasteiger partial charge in [-0.25, -0.2) is 9.18 Å². The molecule has 30 heavy (non-hydrogen) atoms. The number of hydrogen-bond acceptors (Lipinski definition) is 5. The fourth-order valence-corrected chi connectivity index (χ4v) is 4.00. The van der Waals surface area contributed by atoms with Crippen LogP contribution < -0.4 is 14.8 Å². The summed E-state index contributed by atoms with van der Waals surface area (Å²) in [7, 11) is 0. The van der Waals surface area contributed by atoms with E-state index in [1.54, 1.807) is 6.07 Å². The molecule has 0 heterocycles. The second kappa shape index (κ2) is 9.75. The van der Waals surface area contributed by atoms with Crippen LogP contribution in [0.2, 0.25) is 0 Å². The van der Waals surface area contributed by atoms with Gasteiger partial charge in [-0.3, -0.25) is 0 Å². The van der Waals surface area contributed by atoms with Crippen LogP contribution in [0.1, 0.15) is 79.3 Å². The first-order valence-electron chi connectivity index (χ1n) is 10.4.